The maximum atomic E-state index is 4.58. The van der Waals surface area contributed by atoms with E-state index >= 15 is 0 Å². The SMILES string of the molecule is CC(C)NCC1(Cc2ccn(C)n2)CC2CC2C1. The van der Waals surface area contributed by atoms with E-state index < -0.39 is 0 Å². The van der Waals surface area contributed by atoms with Crippen LogP contribution in [0.2, 0.25) is 0 Å². The Morgan fingerprint density at radius 3 is 2.72 bits per heavy atom. The zero-order chi connectivity index (χ0) is 12.8. The average molecular weight is 247 g/mol. The van der Waals surface area contributed by atoms with E-state index in [0.717, 1.165) is 24.8 Å². The second-order valence-electron chi connectivity index (χ2n) is 6.86. The Bertz CT molecular complexity index is 411. The minimum atomic E-state index is 0.478. The zero-order valence-electron chi connectivity index (χ0n) is 11.8. The van der Waals surface area contributed by atoms with E-state index in [4.69, 9.17) is 0 Å². The van der Waals surface area contributed by atoms with Gasteiger partial charge in [0.05, 0.1) is 5.69 Å². The molecule has 2 aliphatic rings. The first-order chi connectivity index (χ1) is 8.56. The van der Waals surface area contributed by atoms with E-state index in [-0.39, 0.29) is 0 Å². The highest BCUT2D eigenvalue weighted by Crippen LogP contribution is 2.60. The molecule has 0 radical (unpaired) electrons. The molecule has 2 saturated carbocycles. The lowest BCUT2D eigenvalue weighted by Crippen LogP contribution is -2.38. The van der Waals surface area contributed by atoms with Crippen molar-refractivity contribution in [3.8, 4) is 0 Å². The van der Waals surface area contributed by atoms with Crippen LogP contribution >= 0.6 is 0 Å². The van der Waals surface area contributed by atoms with Crippen LogP contribution in [0, 0.1) is 17.3 Å². The Kier molecular flexibility index (Phi) is 2.97. The predicted molar refractivity (Wildman–Crippen MR) is 73.3 cm³/mol. The number of hydrogen-bond acceptors (Lipinski definition) is 2. The minimum absolute atomic E-state index is 0.478. The highest BCUT2D eigenvalue weighted by Gasteiger charge is 2.53. The van der Waals surface area contributed by atoms with Crippen LogP contribution in [0.25, 0.3) is 0 Å². The van der Waals surface area contributed by atoms with Gasteiger partial charge in [-0.3, -0.25) is 4.68 Å². The molecule has 2 fully saturated rings. The molecule has 18 heavy (non-hydrogen) atoms. The molecule has 0 amide bonds. The normalized spacial score (nSPS) is 34.0. The van der Waals surface area contributed by atoms with E-state index in [2.05, 4.69) is 36.5 Å². The molecule has 100 valence electrons. The topological polar surface area (TPSA) is 29.9 Å². The molecule has 2 aliphatic carbocycles. The Balaban J connectivity index is 1.69. The summed E-state index contributed by atoms with van der Waals surface area (Å²) < 4.78 is 1.93. The van der Waals surface area contributed by atoms with E-state index in [1.54, 1.807) is 0 Å². The van der Waals surface area contributed by atoms with Gasteiger partial charge in [0.1, 0.15) is 0 Å². The molecular formula is C15H25N3. The number of aryl methyl sites for hydroxylation is 1. The number of fused-ring (bicyclic) bond motifs is 1. The van der Waals surface area contributed by atoms with Gasteiger partial charge in [0.15, 0.2) is 0 Å². The van der Waals surface area contributed by atoms with Gasteiger partial charge in [-0.05, 0) is 49.0 Å². The minimum Gasteiger partial charge on any atom is -0.314 e. The van der Waals surface area contributed by atoms with Crippen LogP contribution in [0.3, 0.4) is 0 Å². The Labute approximate surface area is 110 Å². The van der Waals surface area contributed by atoms with Crippen LogP contribution in [-0.4, -0.2) is 22.4 Å². The summed E-state index contributed by atoms with van der Waals surface area (Å²) >= 11 is 0. The van der Waals surface area contributed by atoms with Crippen LogP contribution in [0.15, 0.2) is 12.3 Å². The van der Waals surface area contributed by atoms with Gasteiger partial charge in [0.2, 0.25) is 0 Å². The Morgan fingerprint density at radius 2 is 2.17 bits per heavy atom. The van der Waals surface area contributed by atoms with Gasteiger partial charge in [-0.2, -0.15) is 5.10 Å². The van der Waals surface area contributed by atoms with Gasteiger partial charge in [-0.25, -0.2) is 0 Å². The molecule has 3 heteroatoms. The molecular weight excluding hydrogens is 222 g/mol. The van der Waals surface area contributed by atoms with E-state index in [0.29, 0.717) is 11.5 Å². The van der Waals surface area contributed by atoms with Gasteiger partial charge < -0.3 is 5.32 Å². The second-order valence-corrected chi connectivity index (χ2v) is 6.86. The summed E-state index contributed by atoms with van der Waals surface area (Å²) in [4.78, 5) is 0. The number of nitrogens with one attached hydrogen (secondary N) is 1. The standard InChI is InChI=1S/C15H25N3/c1-11(2)16-10-15(7-12-6-13(12)8-15)9-14-4-5-18(3)17-14/h4-5,11-13,16H,6-10H2,1-3H3. The third kappa shape index (κ3) is 2.46. The van der Waals surface area contributed by atoms with Crippen molar-refractivity contribution >= 4 is 0 Å². The summed E-state index contributed by atoms with van der Waals surface area (Å²) in [6.07, 6.45) is 7.53. The molecule has 1 heterocycles. The maximum Gasteiger partial charge on any atom is 0.0630 e. The van der Waals surface area contributed by atoms with Crippen molar-refractivity contribution in [2.24, 2.45) is 24.3 Å². The fourth-order valence-electron chi connectivity index (χ4n) is 3.72. The summed E-state index contributed by atoms with van der Waals surface area (Å²) in [5.74, 6) is 2.06. The summed E-state index contributed by atoms with van der Waals surface area (Å²) in [6, 6.07) is 2.77. The van der Waals surface area contributed by atoms with Crippen LogP contribution in [0.4, 0.5) is 0 Å². The summed E-state index contributed by atoms with van der Waals surface area (Å²) in [5, 5.41) is 8.24. The molecule has 2 atom stereocenters. The number of nitrogens with zero attached hydrogens (tertiary/aromatic N) is 2. The van der Waals surface area contributed by atoms with Crippen molar-refractivity contribution in [2.75, 3.05) is 6.54 Å². The second kappa shape index (κ2) is 4.37. The molecule has 0 spiro atoms. The third-order valence-corrected chi connectivity index (χ3v) is 4.67. The highest BCUT2D eigenvalue weighted by atomic mass is 15.2. The molecule has 1 N–H and O–H groups in total. The Hall–Kier alpha value is -0.830. The van der Waals surface area contributed by atoms with Crippen LogP contribution in [0.1, 0.15) is 38.8 Å². The molecule has 3 rings (SSSR count). The average Bonchev–Trinajstić information content (AvgIpc) is 2.72. The summed E-state index contributed by atoms with van der Waals surface area (Å²) in [7, 11) is 2.01. The highest BCUT2D eigenvalue weighted by molar-refractivity contribution is 5.11. The lowest BCUT2D eigenvalue weighted by Gasteiger charge is -2.31. The van der Waals surface area contributed by atoms with Gasteiger partial charge >= 0.3 is 0 Å². The number of aromatic nitrogens is 2. The molecule has 1 aromatic rings. The first-order valence-corrected chi connectivity index (χ1v) is 7.28. The molecule has 0 aliphatic heterocycles. The quantitative estimate of drug-likeness (QED) is 0.866. The lowest BCUT2D eigenvalue weighted by atomic mass is 9.78. The largest absolute Gasteiger partial charge is 0.314 e. The van der Waals surface area contributed by atoms with Crippen molar-refractivity contribution in [2.45, 2.75) is 45.6 Å². The number of rotatable bonds is 5. The van der Waals surface area contributed by atoms with Crippen LogP contribution in [0.5, 0.6) is 0 Å². The van der Waals surface area contributed by atoms with Crippen molar-refractivity contribution in [1.29, 1.82) is 0 Å². The van der Waals surface area contributed by atoms with E-state index in [1.165, 1.54) is 25.0 Å². The van der Waals surface area contributed by atoms with Gasteiger partial charge in [-0.1, -0.05) is 13.8 Å². The zero-order valence-corrected chi connectivity index (χ0v) is 11.8. The lowest BCUT2D eigenvalue weighted by molar-refractivity contribution is 0.239. The van der Waals surface area contributed by atoms with E-state index in [9.17, 15) is 0 Å². The Morgan fingerprint density at radius 1 is 1.44 bits per heavy atom. The smallest absolute Gasteiger partial charge is 0.0630 e. The van der Waals surface area contributed by atoms with Crippen molar-refractivity contribution in [3.05, 3.63) is 18.0 Å². The van der Waals surface area contributed by atoms with Crippen LogP contribution in [-0.2, 0) is 13.5 Å². The van der Waals surface area contributed by atoms with E-state index in [1.807, 2.05) is 11.7 Å². The molecule has 2 unspecified atom stereocenters. The fraction of sp³-hybridized carbons (Fsp3) is 0.800. The number of hydrogen-bond donors (Lipinski definition) is 1. The van der Waals surface area contributed by atoms with Gasteiger partial charge in [0.25, 0.3) is 0 Å². The molecule has 3 nitrogen and oxygen atoms in total. The van der Waals surface area contributed by atoms with Crippen molar-refractivity contribution in [3.63, 3.8) is 0 Å². The summed E-state index contributed by atoms with van der Waals surface area (Å²) in [6.45, 7) is 5.64. The summed E-state index contributed by atoms with van der Waals surface area (Å²) in [5.41, 5.74) is 1.75. The monoisotopic (exact) mass is 247 g/mol. The predicted octanol–water partition coefficient (Wildman–Crippen LogP) is 2.38. The van der Waals surface area contributed by atoms with Crippen LogP contribution < -0.4 is 5.32 Å². The molecule has 1 aromatic heterocycles. The molecule has 0 bridgehead atoms. The van der Waals surface area contributed by atoms with Gasteiger partial charge in [0, 0.05) is 25.8 Å². The molecule has 0 saturated heterocycles. The third-order valence-electron chi connectivity index (χ3n) is 4.67. The van der Waals surface area contributed by atoms with Gasteiger partial charge in [-0.15, -0.1) is 0 Å². The van der Waals surface area contributed by atoms with Crippen molar-refractivity contribution in [1.82, 2.24) is 15.1 Å². The first kappa shape index (κ1) is 12.2. The fourth-order valence-corrected chi connectivity index (χ4v) is 3.72. The van der Waals surface area contributed by atoms with Crippen molar-refractivity contribution < 1.29 is 0 Å². The maximum absolute atomic E-state index is 4.58. The molecule has 0 aromatic carbocycles. The first-order valence-electron chi connectivity index (χ1n) is 7.28.